The Kier molecular flexibility index (Phi) is 9.29. The molecule has 41 heavy (non-hydrogen) atoms. The average Bonchev–Trinajstić information content (AvgIpc) is 3.35. The van der Waals surface area contributed by atoms with Gasteiger partial charge in [0, 0.05) is 23.6 Å². The summed E-state index contributed by atoms with van der Waals surface area (Å²) in [6, 6.07) is 18.3. The van der Waals surface area contributed by atoms with Gasteiger partial charge in [0.2, 0.25) is 5.91 Å². The summed E-state index contributed by atoms with van der Waals surface area (Å²) >= 11 is 6.40. The van der Waals surface area contributed by atoms with Crippen LogP contribution in [0, 0.1) is 19.3 Å². The molecule has 0 aliphatic carbocycles. The van der Waals surface area contributed by atoms with Crippen molar-refractivity contribution in [1.29, 1.82) is 0 Å². The number of carbonyl (C=O) groups excluding carboxylic acids is 2. The summed E-state index contributed by atoms with van der Waals surface area (Å²) in [5, 5.41) is 11.6. The topological polar surface area (TPSA) is 107 Å². The maximum atomic E-state index is 12.9. The Morgan fingerprint density at radius 3 is 2.59 bits per heavy atom. The van der Waals surface area contributed by atoms with Crippen molar-refractivity contribution in [3.63, 3.8) is 0 Å². The van der Waals surface area contributed by atoms with Crippen LogP contribution in [0.15, 0.2) is 66.7 Å². The van der Waals surface area contributed by atoms with Crippen LogP contribution in [0.2, 0.25) is 5.02 Å². The van der Waals surface area contributed by atoms with Crippen LogP contribution in [0.25, 0.3) is 16.9 Å². The molecule has 0 spiro atoms. The first-order chi connectivity index (χ1) is 19.5. The molecule has 1 amide bonds. The van der Waals surface area contributed by atoms with Crippen molar-refractivity contribution >= 4 is 51.6 Å². The van der Waals surface area contributed by atoms with E-state index in [1.165, 1.54) is 16.3 Å². The molecule has 4 aromatic rings. The summed E-state index contributed by atoms with van der Waals surface area (Å²) in [4.78, 5) is 31.3. The minimum Gasteiger partial charge on any atom is -0.493 e. The lowest BCUT2D eigenvalue weighted by Gasteiger charge is -2.17. The third kappa shape index (κ3) is 7.85. The summed E-state index contributed by atoms with van der Waals surface area (Å²) in [5.41, 5.74) is 6.63. The second-order valence-electron chi connectivity index (χ2n) is 10.8. The Bertz CT molecular complexity index is 1590. The maximum Gasteiger partial charge on any atom is 0.252 e. The minimum absolute atomic E-state index is 0.118. The van der Waals surface area contributed by atoms with Crippen LogP contribution in [-0.2, 0) is 14.4 Å². The van der Waals surface area contributed by atoms with Crippen LogP contribution in [0.4, 0.5) is 11.4 Å². The molecular weight excluding hydrogens is 542 g/mol. The maximum absolute atomic E-state index is 12.9. The van der Waals surface area contributed by atoms with Gasteiger partial charge in [0.15, 0.2) is 5.78 Å². The van der Waals surface area contributed by atoms with Crippen molar-refractivity contribution in [2.24, 2.45) is 5.41 Å². The summed E-state index contributed by atoms with van der Waals surface area (Å²) < 4.78 is 7.26. The third-order valence-corrected chi connectivity index (χ3v) is 6.54. The van der Waals surface area contributed by atoms with Crippen molar-refractivity contribution in [2.45, 2.75) is 47.5 Å². The van der Waals surface area contributed by atoms with Gasteiger partial charge in [-0.3, -0.25) is 9.59 Å². The number of aromatic nitrogens is 3. The Labute approximate surface area is 244 Å². The fraction of sp³-hybridized carbons (Fsp3) is 0.290. The summed E-state index contributed by atoms with van der Waals surface area (Å²) in [7, 11) is 0. The lowest BCUT2D eigenvalue weighted by Crippen LogP contribution is -2.20. The molecule has 1 aromatic heterocycles. The van der Waals surface area contributed by atoms with Gasteiger partial charge in [-0.2, -0.15) is 4.68 Å². The normalized spacial score (nSPS) is 11.8. The molecule has 0 atom stereocenters. The average molecular weight is 576 g/mol. The monoisotopic (exact) mass is 575 g/mol. The SMILES string of the molecule is Cc1ccc(OCCCC(=O)Nc2ccc(Cl)c(NOC(=CC(=O)C(C)(C)C)n3nnc4ccccc43)c2)c(C)c1. The molecule has 2 N–H and O–H groups in total. The second-order valence-corrected chi connectivity index (χ2v) is 11.2. The largest absolute Gasteiger partial charge is 0.493 e. The molecule has 3 aromatic carbocycles. The highest BCUT2D eigenvalue weighted by atomic mass is 35.5. The fourth-order valence-electron chi connectivity index (χ4n) is 3.88. The van der Waals surface area contributed by atoms with Crippen LogP contribution in [0.1, 0.15) is 44.7 Å². The molecular formula is C31H34ClN5O4. The molecule has 0 unspecified atom stereocenters. The van der Waals surface area contributed by atoms with Gasteiger partial charge in [-0.1, -0.05) is 67.4 Å². The second kappa shape index (κ2) is 12.9. The van der Waals surface area contributed by atoms with Gasteiger partial charge in [-0.05, 0) is 62.2 Å². The lowest BCUT2D eigenvalue weighted by atomic mass is 9.91. The molecule has 0 aliphatic heterocycles. The predicted molar refractivity (Wildman–Crippen MR) is 162 cm³/mol. The number of nitrogens with one attached hydrogen (secondary N) is 2. The van der Waals surface area contributed by atoms with Gasteiger partial charge in [0.05, 0.1) is 22.8 Å². The fourth-order valence-corrected chi connectivity index (χ4v) is 4.04. The molecule has 0 saturated heterocycles. The van der Waals surface area contributed by atoms with Crippen LogP contribution in [0.5, 0.6) is 5.75 Å². The number of benzene rings is 3. The molecule has 0 fully saturated rings. The number of fused-ring (bicyclic) bond motifs is 1. The molecule has 0 saturated carbocycles. The molecule has 0 bridgehead atoms. The van der Waals surface area contributed by atoms with E-state index in [0.29, 0.717) is 40.5 Å². The van der Waals surface area contributed by atoms with E-state index in [1.807, 2.05) is 71.0 Å². The van der Waals surface area contributed by atoms with Gasteiger partial charge >= 0.3 is 0 Å². The number of halogens is 1. The minimum atomic E-state index is -0.642. The number of hydrogen-bond acceptors (Lipinski definition) is 7. The van der Waals surface area contributed by atoms with Crippen molar-refractivity contribution in [2.75, 3.05) is 17.4 Å². The van der Waals surface area contributed by atoms with E-state index in [2.05, 4.69) is 27.2 Å². The number of allylic oxidation sites excluding steroid dienone is 1. The van der Waals surface area contributed by atoms with E-state index < -0.39 is 5.41 Å². The van der Waals surface area contributed by atoms with E-state index >= 15 is 0 Å². The number of nitrogens with zero attached hydrogens (tertiary/aromatic N) is 3. The third-order valence-electron chi connectivity index (χ3n) is 6.21. The standard InChI is InChI=1S/C31H34ClN5O4/c1-20-12-15-27(21(2)17-20)40-16-8-11-29(39)33-22-13-14-23(32)25(18-22)35-41-30(19-28(38)31(3,4)5)37-26-10-7-6-9-24(26)34-36-37/h6-7,9-10,12-15,17-19,35H,8,11,16H2,1-5H3,(H,33,39). The van der Waals surface area contributed by atoms with Gasteiger partial charge in [-0.15, -0.1) is 5.10 Å². The Hall–Kier alpha value is -4.37. The Morgan fingerprint density at radius 2 is 1.83 bits per heavy atom. The van der Waals surface area contributed by atoms with Crippen molar-refractivity contribution in [1.82, 2.24) is 15.0 Å². The number of amides is 1. The van der Waals surface area contributed by atoms with Crippen LogP contribution >= 0.6 is 11.6 Å². The number of ether oxygens (including phenoxy) is 1. The zero-order valence-corrected chi connectivity index (χ0v) is 24.6. The van der Waals surface area contributed by atoms with Crippen LogP contribution < -0.4 is 15.5 Å². The van der Waals surface area contributed by atoms with E-state index in [9.17, 15) is 9.59 Å². The highest BCUT2D eigenvalue weighted by Crippen LogP contribution is 2.28. The quantitative estimate of drug-likeness (QED) is 0.0861. The smallest absolute Gasteiger partial charge is 0.252 e. The number of carbonyl (C=O) groups is 2. The van der Waals surface area contributed by atoms with Crippen LogP contribution in [0.3, 0.4) is 0 Å². The first-order valence-electron chi connectivity index (χ1n) is 13.3. The number of hydrogen-bond donors (Lipinski definition) is 2. The molecule has 0 radical (unpaired) electrons. The number of para-hydroxylation sites is 1. The Balaban J connectivity index is 1.41. The van der Waals surface area contributed by atoms with Crippen molar-refractivity contribution in [3.8, 4) is 5.75 Å². The summed E-state index contributed by atoms with van der Waals surface area (Å²) in [5.74, 6) is 0.616. The zero-order valence-electron chi connectivity index (χ0n) is 23.8. The molecule has 0 aliphatic rings. The Morgan fingerprint density at radius 1 is 1.05 bits per heavy atom. The predicted octanol–water partition coefficient (Wildman–Crippen LogP) is 6.96. The van der Waals surface area contributed by atoms with Crippen molar-refractivity contribution < 1.29 is 19.2 Å². The van der Waals surface area contributed by atoms with E-state index in [1.54, 1.807) is 18.2 Å². The highest BCUT2D eigenvalue weighted by Gasteiger charge is 2.22. The van der Waals surface area contributed by atoms with Gasteiger partial charge in [0.1, 0.15) is 11.3 Å². The molecule has 214 valence electrons. The number of aryl methyl sites for hydroxylation is 2. The zero-order chi connectivity index (χ0) is 29.6. The summed E-state index contributed by atoms with van der Waals surface area (Å²) in [6.07, 6.45) is 2.21. The van der Waals surface area contributed by atoms with Gasteiger partial charge in [-0.25, -0.2) is 5.48 Å². The van der Waals surface area contributed by atoms with Crippen LogP contribution in [-0.4, -0.2) is 33.3 Å². The molecule has 9 nitrogen and oxygen atoms in total. The number of anilines is 2. The molecule has 10 heteroatoms. The van der Waals surface area contributed by atoms with E-state index in [0.717, 1.165) is 11.3 Å². The molecule has 1 heterocycles. The van der Waals surface area contributed by atoms with Gasteiger partial charge in [0.25, 0.3) is 5.88 Å². The van der Waals surface area contributed by atoms with Gasteiger partial charge < -0.3 is 14.9 Å². The first-order valence-corrected chi connectivity index (χ1v) is 13.7. The number of rotatable bonds is 11. The number of ketones is 1. The van der Waals surface area contributed by atoms with E-state index in [4.69, 9.17) is 21.2 Å². The lowest BCUT2D eigenvalue weighted by molar-refractivity contribution is -0.121. The van der Waals surface area contributed by atoms with E-state index in [-0.39, 0.29) is 24.0 Å². The summed E-state index contributed by atoms with van der Waals surface area (Å²) in [6.45, 7) is 9.91. The molecule has 4 rings (SSSR count). The highest BCUT2D eigenvalue weighted by molar-refractivity contribution is 6.33. The van der Waals surface area contributed by atoms with Crippen molar-refractivity contribution in [3.05, 3.63) is 82.9 Å². The first kappa shape index (κ1) is 29.6.